The van der Waals surface area contributed by atoms with Crippen molar-refractivity contribution in [3.8, 4) is 11.5 Å². The number of rotatable bonds is 21. The summed E-state index contributed by atoms with van der Waals surface area (Å²) in [5.74, 6) is 3.62. The first kappa shape index (κ1) is 40.8. The summed E-state index contributed by atoms with van der Waals surface area (Å²) in [5, 5.41) is 49.6. The largest absolute Gasteiger partial charge is 0.504 e. The number of phenols is 1. The summed E-state index contributed by atoms with van der Waals surface area (Å²) in [6.07, 6.45) is 16.3. The minimum absolute atomic E-state index is 0.00607. The van der Waals surface area contributed by atoms with Gasteiger partial charge in [0.25, 0.3) is 0 Å². The Morgan fingerprint density at radius 2 is 1.78 bits per heavy atom. The zero-order chi connectivity index (χ0) is 38.1. The Morgan fingerprint density at radius 1 is 0.981 bits per heavy atom. The van der Waals surface area contributed by atoms with Crippen LogP contribution in [-0.2, 0) is 32.3 Å². The number of aromatic amines is 1. The highest BCUT2D eigenvalue weighted by atomic mass is 16.5. The average Bonchev–Trinajstić information content (AvgIpc) is 3.98. The minimum Gasteiger partial charge on any atom is -0.504 e. The van der Waals surface area contributed by atoms with Crippen LogP contribution in [-0.4, -0.2) is 70.8 Å². The van der Waals surface area contributed by atoms with E-state index in [-0.39, 0.29) is 30.9 Å². The summed E-state index contributed by atoms with van der Waals surface area (Å²) in [4.78, 5) is 3.72. The number of aromatic hydroxyl groups is 1. The van der Waals surface area contributed by atoms with Gasteiger partial charge in [-0.2, -0.15) is 0 Å². The normalized spacial score (nSPS) is 22.2. The molecule has 3 aromatic rings. The lowest BCUT2D eigenvalue weighted by atomic mass is 9.65. The third-order valence-electron chi connectivity index (χ3n) is 13.0. The first-order chi connectivity index (χ1) is 26.2. The second kappa shape index (κ2) is 19.3. The molecule has 3 aliphatic rings. The number of benzene rings is 1. The Morgan fingerprint density at radius 3 is 2.54 bits per heavy atom. The quantitative estimate of drug-likeness (QED) is 0.0581. The molecule has 2 fully saturated rings. The monoisotopic (exact) mass is 749 g/mol. The van der Waals surface area contributed by atoms with Crippen molar-refractivity contribution >= 4 is 0 Å². The fourth-order valence-corrected chi connectivity index (χ4v) is 10.4. The number of ether oxygens (including phenoxy) is 1. The van der Waals surface area contributed by atoms with Crippen molar-refractivity contribution in [2.24, 2.45) is 23.0 Å². The van der Waals surface area contributed by atoms with Crippen LogP contribution in [0.2, 0.25) is 0 Å². The SMILES string of the molecule is CNC[C@H](NC[C@H](C)O)[C@@H]1c2cc([C@@H](O)COc3cc(CCc4cc(CO)c(CCCCCCCN)o4)ccc3O)[nH]c2CC2(CCCC2)[C@H]2CCC[C@@H]12. The van der Waals surface area contributed by atoms with E-state index in [1.54, 1.807) is 6.07 Å². The van der Waals surface area contributed by atoms with E-state index in [0.717, 1.165) is 86.4 Å². The van der Waals surface area contributed by atoms with Crippen molar-refractivity contribution in [3.63, 3.8) is 0 Å². The van der Waals surface area contributed by atoms with Crippen molar-refractivity contribution < 1.29 is 29.6 Å². The number of hydrogen-bond donors (Lipinski definition) is 8. The smallest absolute Gasteiger partial charge is 0.161 e. The van der Waals surface area contributed by atoms with Gasteiger partial charge in [0.15, 0.2) is 11.5 Å². The number of nitrogens with one attached hydrogen (secondary N) is 3. The van der Waals surface area contributed by atoms with E-state index < -0.39 is 12.2 Å². The molecule has 10 nitrogen and oxygen atoms in total. The van der Waals surface area contributed by atoms with Crippen LogP contribution in [0, 0.1) is 17.3 Å². The van der Waals surface area contributed by atoms with Gasteiger partial charge in [0.1, 0.15) is 24.2 Å². The molecule has 6 atom stereocenters. The summed E-state index contributed by atoms with van der Waals surface area (Å²) in [7, 11) is 2.00. The van der Waals surface area contributed by atoms with Gasteiger partial charge in [-0.15, -0.1) is 0 Å². The Hall–Kier alpha value is -2.86. The molecule has 2 saturated carbocycles. The molecule has 0 saturated heterocycles. The molecule has 0 unspecified atom stereocenters. The number of nitrogens with two attached hydrogens (primary N) is 1. The zero-order valence-corrected chi connectivity index (χ0v) is 32.9. The molecule has 6 rings (SSSR count). The van der Waals surface area contributed by atoms with Gasteiger partial charge in [0.05, 0.1) is 12.7 Å². The van der Waals surface area contributed by atoms with Gasteiger partial charge in [0.2, 0.25) is 0 Å². The number of aryl methyl sites for hydroxylation is 3. The number of aliphatic hydroxyl groups excluding tert-OH is 3. The van der Waals surface area contributed by atoms with E-state index in [1.807, 2.05) is 32.2 Å². The Labute approximate surface area is 322 Å². The third-order valence-corrected chi connectivity index (χ3v) is 13.0. The van der Waals surface area contributed by atoms with Crippen molar-refractivity contribution in [2.45, 2.75) is 140 Å². The molecule has 300 valence electrons. The van der Waals surface area contributed by atoms with E-state index >= 15 is 0 Å². The predicted octanol–water partition coefficient (Wildman–Crippen LogP) is 6.33. The minimum atomic E-state index is -0.896. The summed E-state index contributed by atoms with van der Waals surface area (Å²) < 4.78 is 12.3. The third kappa shape index (κ3) is 9.74. The molecule has 2 aromatic heterocycles. The van der Waals surface area contributed by atoms with Gasteiger partial charge >= 0.3 is 0 Å². The van der Waals surface area contributed by atoms with Gasteiger partial charge in [-0.05, 0) is 125 Å². The predicted molar refractivity (Wildman–Crippen MR) is 213 cm³/mol. The molecule has 10 heteroatoms. The van der Waals surface area contributed by atoms with E-state index in [0.29, 0.717) is 42.4 Å². The summed E-state index contributed by atoms with van der Waals surface area (Å²) in [6, 6.07) is 9.70. The standard InChI is InChI=1S/C44H68N4O6/c1-29(50)25-47-38(26-46-2)43-33-11-10-12-35(33)44(18-7-8-19-44)24-37-34(43)23-36(48-37)40(52)28-53-42-21-30(15-17-39(42)51)14-16-32-22-31(27-49)41(54-32)13-6-4-3-5-9-20-45/h15,17,21-23,29,33,35,38,40,43,46-52H,3-14,16,18-20,24-28,45H2,1-2H3/t29-,33+,35-,38-,40-,43-/m0/s1. The number of aromatic nitrogens is 1. The molecule has 1 spiro atoms. The molecular formula is C44H68N4O6. The number of aliphatic hydroxyl groups is 3. The molecule has 54 heavy (non-hydrogen) atoms. The van der Waals surface area contributed by atoms with Gasteiger partial charge in [-0.3, -0.25) is 0 Å². The molecular weight excluding hydrogens is 681 g/mol. The number of fused-ring (bicyclic) bond motifs is 3. The van der Waals surface area contributed by atoms with Crippen LogP contribution in [0.3, 0.4) is 0 Å². The molecule has 0 amide bonds. The lowest BCUT2D eigenvalue weighted by Crippen LogP contribution is -2.47. The Balaban J connectivity index is 1.13. The van der Waals surface area contributed by atoms with E-state index in [9.17, 15) is 20.4 Å². The number of likely N-dealkylation sites (N-methyl/N-ethyl adjacent to an activating group) is 1. The topological polar surface area (TPSA) is 169 Å². The Bertz CT molecular complexity index is 1600. The zero-order valence-electron chi connectivity index (χ0n) is 32.9. The van der Waals surface area contributed by atoms with Crippen LogP contribution in [0.5, 0.6) is 11.5 Å². The van der Waals surface area contributed by atoms with Gasteiger partial charge in [-0.25, -0.2) is 0 Å². The highest BCUT2D eigenvalue weighted by Crippen LogP contribution is 2.60. The fourth-order valence-electron chi connectivity index (χ4n) is 10.4. The van der Waals surface area contributed by atoms with Crippen molar-refractivity contribution in [2.75, 3.05) is 33.3 Å². The highest BCUT2D eigenvalue weighted by molar-refractivity contribution is 5.42. The van der Waals surface area contributed by atoms with Crippen molar-refractivity contribution in [1.29, 1.82) is 0 Å². The second-order valence-electron chi connectivity index (χ2n) is 16.8. The molecule has 1 aromatic carbocycles. The van der Waals surface area contributed by atoms with Crippen LogP contribution in [0.4, 0.5) is 0 Å². The van der Waals surface area contributed by atoms with E-state index in [4.69, 9.17) is 14.9 Å². The van der Waals surface area contributed by atoms with Crippen molar-refractivity contribution in [3.05, 3.63) is 69.9 Å². The molecule has 2 heterocycles. The maximum atomic E-state index is 11.6. The number of hydrogen-bond acceptors (Lipinski definition) is 9. The lowest BCUT2D eigenvalue weighted by molar-refractivity contribution is 0.0996. The van der Waals surface area contributed by atoms with Crippen LogP contribution >= 0.6 is 0 Å². The molecule has 9 N–H and O–H groups in total. The van der Waals surface area contributed by atoms with E-state index in [2.05, 4.69) is 21.7 Å². The fraction of sp³-hybridized carbons (Fsp3) is 0.682. The number of H-pyrrole nitrogens is 1. The van der Waals surface area contributed by atoms with Gasteiger partial charge < -0.3 is 50.9 Å². The van der Waals surface area contributed by atoms with E-state index in [1.165, 1.54) is 56.2 Å². The molecule has 0 bridgehead atoms. The number of phenolic OH excluding ortho intramolecular Hbond substituents is 1. The lowest BCUT2D eigenvalue weighted by Gasteiger charge is -2.41. The molecule has 0 radical (unpaired) electrons. The van der Waals surface area contributed by atoms with Crippen LogP contribution in [0.1, 0.15) is 136 Å². The van der Waals surface area contributed by atoms with Crippen LogP contribution in [0.25, 0.3) is 0 Å². The first-order valence-corrected chi connectivity index (χ1v) is 21.1. The second-order valence-corrected chi connectivity index (χ2v) is 16.8. The van der Waals surface area contributed by atoms with Crippen LogP contribution in [0.15, 0.2) is 34.7 Å². The van der Waals surface area contributed by atoms with Gasteiger partial charge in [0, 0.05) is 54.8 Å². The average molecular weight is 749 g/mol. The molecule has 0 aliphatic heterocycles. The maximum Gasteiger partial charge on any atom is 0.161 e. The summed E-state index contributed by atoms with van der Waals surface area (Å²) >= 11 is 0. The number of furan rings is 1. The highest BCUT2D eigenvalue weighted by Gasteiger charge is 2.53. The number of unbranched alkanes of at least 4 members (excludes halogenated alkanes) is 4. The Kier molecular flexibility index (Phi) is 14.6. The van der Waals surface area contributed by atoms with Crippen LogP contribution < -0.4 is 21.1 Å². The summed E-state index contributed by atoms with van der Waals surface area (Å²) in [6.45, 7) is 3.89. The first-order valence-electron chi connectivity index (χ1n) is 21.1. The van der Waals surface area contributed by atoms with Gasteiger partial charge in [-0.1, -0.05) is 44.6 Å². The summed E-state index contributed by atoms with van der Waals surface area (Å²) in [5.41, 5.74) is 11.1. The van der Waals surface area contributed by atoms with Crippen molar-refractivity contribution in [1.82, 2.24) is 15.6 Å². The molecule has 3 aliphatic carbocycles. The maximum absolute atomic E-state index is 11.6.